The first-order valence-corrected chi connectivity index (χ1v) is 16.4. The number of carboxylic acid groups (broad SMARTS) is 1. The third-order valence-electron chi connectivity index (χ3n) is 8.10. The maximum atomic E-state index is 13.6. The summed E-state index contributed by atoms with van der Waals surface area (Å²) in [6.45, 7) is -0.700. The molecular formula is C30H43N6O11S2+. The highest BCUT2D eigenvalue weighted by molar-refractivity contribution is 7.81. The summed E-state index contributed by atoms with van der Waals surface area (Å²) in [6.07, 6.45) is -1.04. The Morgan fingerprint density at radius 1 is 0.939 bits per heavy atom. The number of primary amides is 2. The van der Waals surface area contributed by atoms with Crippen LogP contribution in [0.2, 0.25) is 0 Å². The molecule has 0 aliphatic carbocycles. The summed E-state index contributed by atoms with van der Waals surface area (Å²) in [7, 11) is 0. The largest absolute Gasteiger partial charge is 0.508 e. The van der Waals surface area contributed by atoms with Crippen LogP contribution in [0.3, 0.4) is 0 Å². The van der Waals surface area contributed by atoms with Gasteiger partial charge in [0, 0.05) is 37.5 Å². The minimum absolute atomic E-state index is 0.0263. The summed E-state index contributed by atoms with van der Waals surface area (Å²) in [5, 5.41) is 31.6. The molecule has 0 aromatic heterocycles. The van der Waals surface area contributed by atoms with Crippen molar-refractivity contribution in [2.24, 2.45) is 23.3 Å². The number of phenolic OH excluding ortho intramolecular Hbond substituents is 1. The topological polar surface area (TPSA) is 304 Å². The maximum absolute atomic E-state index is 13.6. The second-order valence-electron chi connectivity index (χ2n) is 11.7. The number of quaternary nitrogens is 1. The molecule has 0 saturated carbocycles. The van der Waals surface area contributed by atoms with Crippen molar-refractivity contribution in [2.75, 3.05) is 18.9 Å². The van der Waals surface area contributed by atoms with E-state index in [1.54, 1.807) is 0 Å². The molecule has 0 bridgehead atoms. The van der Waals surface area contributed by atoms with Crippen LogP contribution in [0.5, 0.6) is 5.75 Å². The minimum atomic E-state index is -1.45. The molecule has 1 aliphatic heterocycles. The Morgan fingerprint density at radius 3 is 2.08 bits per heavy atom. The van der Waals surface area contributed by atoms with Crippen LogP contribution in [0.25, 0.3) is 0 Å². The van der Waals surface area contributed by atoms with Gasteiger partial charge in [0.1, 0.15) is 17.8 Å². The first kappa shape index (κ1) is 41.0. The van der Waals surface area contributed by atoms with Crippen LogP contribution in [0.15, 0.2) is 24.3 Å². The average Bonchev–Trinajstić information content (AvgIpc) is 3.55. The number of benzene rings is 1. The van der Waals surface area contributed by atoms with Crippen LogP contribution in [0.1, 0.15) is 37.7 Å². The quantitative estimate of drug-likeness (QED) is 0.0584. The van der Waals surface area contributed by atoms with Gasteiger partial charge in [-0.15, -0.1) is 0 Å². The highest BCUT2D eigenvalue weighted by Gasteiger charge is 2.41. The molecule has 1 aromatic rings. The van der Waals surface area contributed by atoms with Crippen molar-refractivity contribution in [3.8, 4) is 5.75 Å². The van der Waals surface area contributed by atoms with Crippen molar-refractivity contribution < 1.29 is 59.4 Å². The number of aromatic hydroxyl groups is 1. The number of Topliss-reactive ketones (excluding diaryl/α,β-unsaturated/α-hetero) is 2. The lowest BCUT2D eigenvalue weighted by atomic mass is 9.91. The third-order valence-corrected chi connectivity index (χ3v) is 9.04. The van der Waals surface area contributed by atoms with Gasteiger partial charge in [-0.1, -0.05) is 12.1 Å². The minimum Gasteiger partial charge on any atom is -0.508 e. The predicted molar refractivity (Wildman–Crippen MR) is 178 cm³/mol. The Balaban J connectivity index is 2.22. The molecule has 5 amide bonds. The van der Waals surface area contributed by atoms with Crippen molar-refractivity contribution in [1.29, 1.82) is 0 Å². The number of carboxylic acids is 1. The number of hydrogen-bond acceptors (Lipinski definition) is 12. The summed E-state index contributed by atoms with van der Waals surface area (Å²) in [6, 6.07) is 0.734. The third kappa shape index (κ3) is 12.0. The van der Waals surface area contributed by atoms with Gasteiger partial charge in [0.05, 0.1) is 18.6 Å². The number of aliphatic carboxylic acids is 1. The summed E-state index contributed by atoms with van der Waals surface area (Å²) in [5.41, 5.74) is 14.6. The summed E-state index contributed by atoms with van der Waals surface area (Å²) >= 11 is 8.05. The zero-order valence-electron chi connectivity index (χ0n) is 26.5. The highest BCUT2D eigenvalue weighted by atomic mass is 32.1. The first-order valence-electron chi connectivity index (χ1n) is 15.3. The van der Waals surface area contributed by atoms with Crippen molar-refractivity contribution in [2.45, 2.75) is 67.9 Å². The molecular weight excluding hydrogens is 684 g/mol. The van der Waals surface area contributed by atoms with E-state index in [0.717, 1.165) is 0 Å². The number of nitrogens with two attached hydrogens (primary N) is 2. The van der Waals surface area contributed by atoms with E-state index in [2.05, 4.69) is 41.6 Å². The number of aliphatic hydroxyl groups excluding tert-OH is 1. The van der Waals surface area contributed by atoms with Crippen LogP contribution in [0, 0.1) is 11.8 Å². The van der Waals surface area contributed by atoms with Crippen LogP contribution in [-0.2, 0) is 44.8 Å². The highest BCUT2D eigenvalue weighted by Crippen LogP contribution is 2.24. The summed E-state index contributed by atoms with van der Waals surface area (Å²) in [5.74, 6) is -9.53. The zero-order valence-corrected chi connectivity index (χ0v) is 28.3. The van der Waals surface area contributed by atoms with E-state index >= 15 is 0 Å². The molecule has 0 spiro atoms. The number of hydrogen-bond donors (Lipinski definition) is 10. The average molecular weight is 728 g/mol. The number of phenols is 1. The SMILES string of the molecule is NC(=O)C[C@H](CC(=O)[C@@H]([NH3+])[C@@H](S)C(=O)O)C(=O)N1CCC[C@H]1C(=O)N[C@@H](CS)C(=O)C[C@@H](Cc1ccc(O)cc1)C(=O)N[C@@H](CO)C(N)=O. The maximum Gasteiger partial charge on any atom is 0.323 e. The van der Waals surface area contributed by atoms with Gasteiger partial charge < -0.3 is 48.1 Å². The van der Waals surface area contributed by atoms with E-state index in [1.807, 2.05) is 0 Å². The van der Waals surface area contributed by atoms with Crippen molar-refractivity contribution in [3.63, 3.8) is 0 Å². The number of rotatable bonds is 20. The van der Waals surface area contributed by atoms with Gasteiger partial charge in [-0.2, -0.15) is 25.3 Å². The van der Waals surface area contributed by atoms with E-state index in [9.17, 15) is 48.6 Å². The Bertz CT molecular complexity index is 1410. The van der Waals surface area contributed by atoms with Crippen LogP contribution in [0.4, 0.5) is 0 Å². The molecule has 0 unspecified atom stereocenters. The Hall–Kier alpha value is -4.20. The van der Waals surface area contributed by atoms with Crippen LogP contribution >= 0.6 is 25.3 Å². The Labute approximate surface area is 292 Å². The summed E-state index contributed by atoms with van der Waals surface area (Å²) < 4.78 is 0. The molecule has 1 heterocycles. The van der Waals surface area contributed by atoms with Gasteiger partial charge in [0.15, 0.2) is 22.9 Å². The van der Waals surface area contributed by atoms with Crippen molar-refractivity contribution >= 4 is 72.3 Å². The normalized spacial score (nSPS) is 17.9. The van der Waals surface area contributed by atoms with Gasteiger partial charge in [0.2, 0.25) is 29.5 Å². The van der Waals surface area contributed by atoms with Gasteiger partial charge in [-0.25, -0.2) is 0 Å². The molecule has 17 nitrogen and oxygen atoms in total. The second kappa shape index (κ2) is 19.1. The van der Waals surface area contributed by atoms with Gasteiger partial charge in [-0.3, -0.25) is 38.4 Å². The lowest BCUT2D eigenvalue weighted by Gasteiger charge is -2.29. The Morgan fingerprint density at radius 2 is 1.55 bits per heavy atom. The number of thiol groups is 2. The molecule has 19 heteroatoms. The number of aliphatic hydroxyl groups is 1. The number of carbonyl (C=O) groups is 8. The smallest absolute Gasteiger partial charge is 0.323 e. The fraction of sp³-hybridized carbons (Fsp3) is 0.533. The van der Waals surface area contributed by atoms with E-state index < -0.39 is 114 Å². The van der Waals surface area contributed by atoms with E-state index in [1.165, 1.54) is 29.2 Å². The van der Waals surface area contributed by atoms with Gasteiger partial charge >= 0.3 is 5.97 Å². The number of likely N-dealkylation sites (tertiary alicyclic amines) is 1. The molecule has 2 rings (SSSR count). The monoisotopic (exact) mass is 727 g/mol. The number of amides is 5. The molecule has 7 atom stereocenters. The van der Waals surface area contributed by atoms with E-state index in [0.29, 0.717) is 12.0 Å². The van der Waals surface area contributed by atoms with Crippen LogP contribution < -0.4 is 27.8 Å². The lowest BCUT2D eigenvalue weighted by Crippen LogP contribution is -2.70. The number of ketones is 2. The van der Waals surface area contributed by atoms with E-state index in [-0.39, 0.29) is 30.9 Å². The molecule has 270 valence electrons. The molecule has 1 aliphatic rings. The molecule has 49 heavy (non-hydrogen) atoms. The van der Waals surface area contributed by atoms with E-state index in [4.69, 9.17) is 16.6 Å². The van der Waals surface area contributed by atoms with Crippen LogP contribution in [-0.4, -0.2) is 116 Å². The van der Waals surface area contributed by atoms with Crippen molar-refractivity contribution in [1.82, 2.24) is 15.5 Å². The molecule has 1 saturated heterocycles. The Kier molecular flexibility index (Phi) is 16.0. The zero-order chi connectivity index (χ0) is 37.0. The standard InChI is InChI=1S/C30H42N6O11S2/c31-23(41)11-16(10-22(40)24(32)25(49)30(46)47)29(45)36-7-1-2-20(36)28(44)35-19(13-48)21(39)9-15(8-14-3-5-17(38)6-4-14)27(43)34-18(12-37)26(33)42/h3-6,15-16,18-20,24-25,37-38,48-49H,1-2,7-13,32H2,(H2,31,41)(H2,33,42)(H,34,43)(H,35,44)(H,46,47)/p+1/t15-,16+,18+,19+,20+,24-,25-/m1/s1. The van der Waals surface area contributed by atoms with Crippen molar-refractivity contribution in [3.05, 3.63) is 29.8 Å². The number of nitrogens with one attached hydrogen (secondary N) is 2. The van der Waals surface area contributed by atoms with Gasteiger partial charge in [-0.05, 0) is 37.0 Å². The molecule has 1 fully saturated rings. The number of nitrogens with zero attached hydrogens (tertiary/aromatic N) is 1. The second-order valence-corrected chi connectivity index (χ2v) is 12.7. The molecule has 12 N–H and O–H groups in total. The first-order chi connectivity index (χ1) is 23.0. The van der Waals surface area contributed by atoms with Gasteiger partial charge in [0.25, 0.3) is 0 Å². The summed E-state index contributed by atoms with van der Waals surface area (Å²) in [4.78, 5) is 102. The lowest BCUT2D eigenvalue weighted by molar-refractivity contribution is -0.400. The predicted octanol–water partition coefficient (Wildman–Crippen LogP) is -3.68. The molecule has 1 aromatic carbocycles. The fourth-order valence-corrected chi connectivity index (χ4v) is 5.78. The fourth-order valence-electron chi connectivity index (χ4n) is 5.32. The molecule has 0 radical (unpaired) electrons. The number of carbonyl (C=O) groups excluding carboxylic acids is 7.